The van der Waals surface area contributed by atoms with Gasteiger partial charge in [-0.3, -0.25) is 0 Å². The maximum absolute atomic E-state index is 6.55. The number of benzene rings is 7. The molecule has 0 radical (unpaired) electrons. The highest BCUT2D eigenvalue weighted by Crippen LogP contribution is 2.41. The van der Waals surface area contributed by atoms with Gasteiger partial charge >= 0.3 is 0 Å². The molecule has 4 nitrogen and oxygen atoms in total. The van der Waals surface area contributed by atoms with Crippen molar-refractivity contribution in [1.82, 2.24) is 15.0 Å². The Morgan fingerprint density at radius 1 is 0.375 bits per heavy atom. The summed E-state index contributed by atoms with van der Waals surface area (Å²) in [6.07, 6.45) is 0. The van der Waals surface area contributed by atoms with E-state index in [0.717, 1.165) is 60.5 Å². The summed E-state index contributed by atoms with van der Waals surface area (Å²) in [5.74, 6) is 1.91. The smallest absolute Gasteiger partial charge is 0.164 e. The van der Waals surface area contributed by atoms with Crippen LogP contribution in [0.4, 0.5) is 0 Å². The summed E-state index contributed by atoms with van der Waals surface area (Å²) in [7, 11) is 0. The van der Waals surface area contributed by atoms with Gasteiger partial charge < -0.3 is 4.42 Å². The molecular weight excluding hydrogens is 607 g/mol. The number of furan rings is 1. The van der Waals surface area contributed by atoms with E-state index in [9.17, 15) is 0 Å². The van der Waals surface area contributed by atoms with E-state index in [1.165, 1.54) is 20.2 Å². The van der Waals surface area contributed by atoms with E-state index in [1.54, 1.807) is 11.3 Å². The molecule has 0 aliphatic rings. The SMILES string of the molecule is c1ccc(-c2ccc3c(-c4nc(-c5ccccc5)nc(-c5ccc6c(c5)sc5ccccc56)n4)cc4c5ccccc5oc4c3c2)cc1. The van der Waals surface area contributed by atoms with Gasteiger partial charge in [0.25, 0.3) is 0 Å². The quantitative estimate of drug-likeness (QED) is 0.194. The van der Waals surface area contributed by atoms with Gasteiger partial charge in [-0.1, -0.05) is 121 Å². The van der Waals surface area contributed by atoms with E-state index < -0.39 is 0 Å². The van der Waals surface area contributed by atoms with Crippen LogP contribution in [0.1, 0.15) is 0 Å². The Morgan fingerprint density at radius 3 is 1.81 bits per heavy atom. The highest BCUT2D eigenvalue weighted by molar-refractivity contribution is 7.25. The molecule has 0 amide bonds. The minimum atomic E-state index is 0.625. The van der Waals surface area contributed by atoms with Crippen LogP contribution in [-0.2, 0) is 0 Å². The van der Waals surface area contributed by atoms with Gasteiger partial charge in [-0.25, -0.2) is 15.0 Å². The van der Waals surface area contributed by atoms with Crippen LogP contribution in [0.25, 0.3) is 98.2 Å². The van der Waals surface area contributed by atoms with E-state index in [0.29, 0.717) is 17.5 Å². The minimum Gasteiger partial charge on any atom is -0.455 e. The predicted octanol–water partition coefficient (Wildman–Crippen LogP) is 12.0. The first-order valence-electron chi connectivity index (χ1n) is 15.9. The van der Waals surface area contributed by atoms with Gasteiger partial charge in [0.1, 0.15) is 11.2 Å². The van der Waals surface area contributed by atoms with E-state index in [2.05, 4.69) is 115 Å². The molecule has 5 heteroatoms. The minimum absolute atomic E-state index is 0.625. The fraction of sp³-hybridized carbons (Fsp3) is 0. The molecule has 0 N–H and O–H groups in total. The van der Waals surface area contributed by atoms with Crippen molar-refractivity contribution in [3.05, 3.63) is 152 Å². The van der Waals surface area contributed by atoms with Crippen LogP contribution in [0.15, 0.2) is 156 Å². The Balaban J connectivity index is 1.25. The number of rotatable bonds is 4. The van der Waals surface area contributed by atoms with Gasteiger partial charge in [-0.05, 0) is 46.8 Å². The average Bonchev–Trinajstić information content (AvgIpc) is 3.73. The van der Waals surface area contributed by atoms with E-state index in [4.69, 9.17) is 19.4 Å². The molecule has 10 aromatic rings. The molecule has 0 saturated carbocycles. The first-order valence-corrected chi connectivity index (χ1v) is 16.8. The van der Waals surface area contributed by atoms with Crippen molar-refractivity contribution >= 4 is 64.2 Å². The molecule has 7 aromatic carbocycles. The van der Waals surface area contributed by atoms with Crippen LogP contribution < -0.4 is 0 Å². The highest BCUT2D eigenvalue weighted by Gasteiger charge is 2.20. The van der Waals surface area contributed by atoms with Crippen molar-refractivity contribution in [2.24, 2.45) is 0 Å². The van der Waals surface area contributed by atoms with Crippen molar-refractivity contribution in [2.75, 3.05) is 0 Å². The lowest BCUT2D eigenvalue weighted by Crippen LogP contribution is -2.00. The number of para-hydroxylation sites is 1. The number of hydrogen-bond donors (Lipinski definition) is 0. The molecule has 3 heterocycles. The van der Waals surface area contributed by atoms with Crippen molar-refractivity contribution in [3.8, 4) is 45.3 Å². The molecule has 0 aliphatic carbocycles. The standard InChI is InChI=1S/C43H25N3OS/c1-3-11-26(12-4-1)28-19-21-30-34(23-28)40-35(31-15-7-9-17-37(31)47-40)25-36(30)43-45-41(27-13-5-2-6-14-27)44-42(46-43)29-20-22-33-32-16-8-10-18-38(32)48-39(33)24-29/h1-25H. The van der Waals surface area contributed by atoms with E-state index in [-0.39, 0.29) is 0 Å². The molecule has 0 saturated heterocycles. The van der Waals surface area contributed by atoms with Gasteiger partial charge in [-0.15, -0.1) is 11.3 Å². The molecule has 0 bridgehead atoms. The number of fused-ring (bicyclic) bond motifs is 8. The second-order valence-corrected chi connectivity index (χ2v) is 13.1. The monoisotopic (exact) mass is 631 g/mol. The van der Waals surface area contributed by atoms with Crippen LogP contribution in [0.3, 0.4) is 0 Å². The molecule has 0 atom stereocenters. The summed E-state index contributed by atoms with van der Waals surface area (Å²) in [5.41, 5.74) is 6.83. The van der Waals surface area contributed by atoms with Crippen molar-refractivity contribution < 1.29 is 4.42 Å². The lowest BCUT2D eigenvalue weighted by atomic mass is 9.95. The Labute approximate surface area is 279 Å². The number of thiophene rings is 1. The van der Waals surface area contributed by atoms with Gasteiger partial charge in [-0.2, -0.15) is 0 Å². The van der Waals surface area contributed by atoms with Gasteiger partial charge in [0.15, 0.2) is 17.5 Å². The van der Waals surface area contributed by atoms with Gasteiger partial charge in [0.05, 0.1) is 0 Å². The Hall–Kier alpha value is -6.17. The maximum Gasteiger partial charge on any atom is 0.164 e. The zero-order chi connectivity index (χ0) is 31.6. The zero-order valence-corrected chi connectivity index (χ0v) is 26.4. The molecule has 48 heavy (non-hydrogen) atoms. The molecular formula is C43H25N3OS. The summed E-state index contributed by atoms with van der Waals surface area (Å²) in [6.45, 7) is 0. The molecule has 0 aliphatic heterocycles. The summed E-state index contributed by atoms with van der Waals surface area (Å²) in [5, 5.41) is 6.66. The molecule has 3 aromatic heterocycles. The highest BCUT2D eigenvalue weighted by atomic mass is 32.1. The summed E-state index contributed by atoms with van der Waals surface area (Å²) < 4.78 is 9.03. The van der Waals surface area contributed by atoms with Crippen LogP contribution in [0.2, 0.25) is 0 Å². The van der Waals surface area contributed by atoms with E-state index in [1.807, 2.05) is 36.4 Å². The van der Waals surface area contributed by atoms with Crippen molar-refractivity contribution in [1.29, 1.82) is 0 Å². The number of aromatic nitrogens is 3. The second kappa shape index (κ2) is 10.7. The average molecular weight is 632 g/mol. The van der Waals surface area contributed by atoms with Crippen LogP contribution >= 0.6 is 11.3 Å². The van der Waals surface area contributed by atoms with E-state index >= 15 is 0 Å². The third-order valence-corrected chi connectivity index (χ3v) is 10.3. The molecule has 224 valence electrons. The van der Waals surface area contributed by atoms with Crippen LogP contribution in [0, 0.1) is 0 Å². The van der Waals surface area contributed by atoms with Crippen LogP contribution in [-0.4, -0.2) is 15.0 Å². The zero-order valence-electron chi connectivity index (χ0n) is 25.6. The largest absolute Gasteiger partial charge is 0.455 e. The predicted molar refractivity (Wildman–Crippen MR) is 199 cm³/mol. The molecule has 0 unspecified atom stereocenters. The van der Waals surface area contributed by atoms with Crippen molar-refractivity contribution in [3.63, 3.8) is 0 Å². The third-order valence-electron chi connectivity index (χ3n) is 9.13. The van der Waals surface area contributed by atoms with Crippen LogP contribution in [0.5, 0.6) is 0 Å². The number of hydrogen-bond acceptors (Lipinski definition) is 5. The second-order valence-electron chi connectivity index (χ2n) is 12.0. The normalized spacial score (nSPS) is 11.8. The fourth-order valence-corrected chi connectivity index (χ4v) is 7.95. The summed E-state index contributed by atoms with van der Waals surface area (Å²) in [6, 6.07) is 52.7. The first kappa shape index (κ1) is 27.0. The first-order chi connectivity index (χ1) is 23.8. The van der Waals surface area contributed by atoms with Gasteiger partial charge in [0, 0.05) is 53.0 Å². The topological polar surface area (TPSA) is 51.8 Å². The fourth-order valence-electron chi connectivity index (χ4n) is 6.80. The van der Waals surface area contributed by atoms with Crippen molar-refractivity contribution in [2.45, 2.75) is 0 Å². The molecule has 0 spiro atoms. The molecule has 0 fully saturated rings. The Morgan fingerprint density at radius 2 is 0.979 bits per heavy atom. The molecule has 10 rings (SSSR count). The Kier molecular flexibility index (Phi) is 6.01. The lowest BCUT2D eigenvalue weighted by molar-refractivity contribution is 0.672. The number of nitrogens with zero attached hydrogens (tertiary/aromatic N) is 3. The Bertz CT molecular complexity index is 2840. The third kappa shape index (κ3) is 4.33. The van der Waals surface area contributed by atoms with Gasteiger partial charge in [0.2, 0.25) is 0 Å². The summed E-state index contributed by atoms with van der Waals surface area (Å²) in [4.78, 5) is 15.4. The summed E-state index contributed by atoms with van der Waals surface area (Å²) >= 11 is 1.79. The maximum atomic E-state index is 6.55. The lowest BCUT2D eigenvalue weighted by Gasteiger charge is -2.12.